The van der Waals surface area contributed by atoms with Gasteiger partial charge >= 0.3 is 6.03 Å². The van der Waals surface area contributed by atoms with E-state index in [0.29, 0.717) is 30.1 Å². The maximum absolute atomic E-state index is 14.3. The van der Waals surface area contributed by atoms with Crippen molar-refractivity contribution in [2.75, 3.05) is 36.9 Å². The SMILES string of the molecule is C=CCCCn1c(=O)c(NC(=O)Nc2c(C(C)C)cccc2C(C)C)c(-c2cccc(OCCN(CC)CC)c2)c2cccnc21. The van der Waals surface area contributed by atoms with Gasteiger partial charge in [0.2, 0.25) is 0 Å². The molecule has 8 heteroatoms. The van der Waals surface area contributed by atoms with Gasteiger partial charge in [0.25, 0.3) is 5.56 Å². The number of fused-ring (bicyclic) bond motifs is 1. The van der Waals surface area contributed by atoms with Crippen LogP contribution in [0.15, 0.2) is 78.2 Å². The molecule has 0 fully saturated rings. The van der Waals surface area contributed by atoms with Crippen LogP contribution in [0.25, 0.3) is 22.2 Å². The summed E-state index contributed by atoms with van der Waals surface area (Å²) in [6, 6.07) is 17.1. The molecule has 0 atom stereocenters. The van der Waals surface area contributed by atoms with Crippen molar-refractivity contribution in [2.24, 2.45) is 0 Å². The van der Waals surface area contributed by atoms with Crippen molar-refractivity contribution in [3.8, 4) is 16.9 Å². The molecule has 0 radical (unpaired) electrons. The Hall–Kier alpha value is -4.43. The third-order valence-electron chi connectivity index (χ3n) is 8.35. The second kappa shape index (κ2) is 16.2. The molecule has 0 saturated heterocycles. The second-order valence-electron chi connectivity index (χ2n) is 12.1. The summed E-state index contributed by atoms with van der Waals surface area (Å²) in [4.78, 5) is 35.1. The van der Waals surface area contributed by atoms with Crippen molar-refractivity contribution in [3.63, 3.8) is 0 Å². The van der Waals surface area contributed by atoms with E-state index >= 15 is 0 Å². The molecule has 0 unspecified atom stereocenters. The molecule has 2 N–H and O–H groups in total. The summed E-state index contributed by atoms with van der Waals surface area (Å²) in [6.07, 6.45) is 5.00. The van der Waals surface area contributed by atoms with Gasteiger partial charge < -0.3 is 20.3 Å². The first-order valence-corrected chi connectivity index (χ1v) is 16.5. The van der Waals surface area contributed by atoms with Crippen molar-refractivity contribution in [1.82, 2.24) is 14.5 Å². The zero-order valence-electron chi connectivity index (χ0n) is 28.2. The Morgan fingerprint density at radius 3 is 2.30 bits per heavy atom. The number of pyridine rings is 2. The van der Waals surface area contributed by atoms with Gasteiger partial charge in [-0.2, -0.15) is 0 Å². The fraction of sp³-hybridized carbons (Fsp3) is 0.395. The molecule has 2 amide bonds. The van der Waals surface area contributed by atoms with E-state index in [0.717, 1.165) is 60.2 Å². The number of carbonyl (C=O) groups is 1. The first-order chi connectivity index (χ1) is 22.2. The van der Waals surface area contributed by atoms with E-state index in [1.807, 2.05) is 60.7 Å². The largest absolute Gasteiger partial charge is 0.492 e. The van der Waals surface area contributed by atoms with E-state index in [9.17, 15) is 9.59 Å². The molecule has 0 spiro atoms. The molecule has 0 saturated carbocycles. The number of unbranched alkanes of at least 4 members (excludes halogenated alkanes) is 1. The number of nitrogens with one attached hydrogen (secondary N) is 2. The number of carbonyl (C=O) groups excluding carboxylic acids is 1. The molecule has 2 aromatic carbocycles. The number of likely N-dealkylation sites (N-methyl/N-ethyl adjacent to an activating group) is 1. The first kappa shape index (κ1) is 34.4. The summed E-state index contributed by atoms with van der Waals surface area (Å²) < 4.78 is 7.81. The molecule has 0 aliphatic rings. The predicted molar refractivity (Wildman–Crippen MR) is 191 cm³/mol. The molecule has 0 aliphatic carbocycles. The number of ether oxygens (including phenoxy) is 1. The summed E-state index contributed by atoms with van der Waals surface area (Å²) in [5, 5.41) is 6.88. The minimum absolute atomic E-state index is 0.197. The zero-order valence-corrected chi connectivity index (χ0v) is 28.2. The number of benzene rings is 2. The number of para-hydroxylation sites is 1. The van der Waals surface area contributed by atoms with Crippen molar-refractivity contribution < 1.29 is 9.53 Å². The molecular formula is C38H49N5O3. The summed E-state index contributed by atoms with van der Waals surface area (Å²) in [5.41, 5.74) is 4.69. The Morgan fingerprint density at radius 1 is 0.978 bits per heavy atom. The van der Waals surface area contributed by atoms with Crippen LogP contribution < -0.4 is 20.9 Å². The highest BCUT2D eigenvalue weighted by molar-refractivity contribution is 6.07. The van der Waals surface area contributed by atoms with Crippen LogP contribution in [-0.2, 0) is 6.54 Å². The lowest BCUT2D eigenvalue weighted by molar-refractivity contribution is 0.223. The lowest BCUT2D eigenvalue weighted by Gasteiger charge is -2.22. The first-order valence-electron chi connectivity index (χ1n) is 16.5. The number of rotatable bonds is 15. The van der Waals surface area contributed by atoms with Gasteiger partial charge in [0.15, 0.2) is 0 Å². The predicted octanol–water partition coefficient (Wildman–Crippen LogP) is 8.64. The van der Waals surface area contributed by atoms with Crippen LogP contribution in [0.2, 0.25) is 0 Å². The van der Waals surface area contributed by atoms with Crippen LogP contribution in [0.1, 0.15) is 77.3 Å². The third-order valence-corrected chi connectivity index (χ3v) is 8.35. The Kier molecular flexibility index (Phi) is 12.1. The van der Waals surface area contributed by atoms with Gasteiger partial charge in [-0.05, 0) is 78.7 Å². The quantitative estimate of drug-likeness (QED) is 0.102. The molecule has 8 nitrogen and oxygen atoms in total. The second-order valence-corrected chi connectivity index (χ2v) is 12.1. The van der Waals surface area contributed by atoms with Crippen LogP contribution in [0.5, 0.6) is 5.75 Å². The molecule has 4 aromatic rings. The third kappa shape index (κ3) is 8.04. The van der Waals surface area contributed by atoms with Crippen LogP contribution in [0.3, 0.4) is 0 Å². The van der Waals surface area contributed by atoms with Crippen molar-refractivity contribution >= 4 is 28.4 Å². The summed E-state index contributed by atoms with van der Waals surface area (Å²) >= 11 is 0. The minimum atomic E-state index is -0.471. The number of amides is 2. The van der Waals surface area contributed by atoms with Crippen LogP contribution in [0.4, 0.5) is 16.2 Å². The highest BCUT2D eigenvalue weighted by Gasteiger charge is 2.23. The van der Waals surface area contributed by atoms with Gasteiger partial charge in [-0.15, -0.1) is 6.58 Å². The van der Waals surface area contributed by atoms with E-state index in [1.54, 1.807) is 10.8 Å². The summed E-state index contributed by atoms with van der Waals surface area (Å²) in [6.45, 7) is 20.2. The van der Waals surface area contributed by atoms with E-state index in [1.165, 1.54) is 0 Å². The van der Waals surface area contributed by atoms with Crippen LogP contribution >= 0.6 is 0 Å². The zero-order chi connectivity index (χ0) is 33.2. The van der Waals surface area contributed by atoms with Gasteiger partial charge in [-0.3, -0.25) is 9.36 Å². The van der Waals surface area contributed by atoms with E-state index in [-0.39, 0.29) is 23.1 Å². The highest BCUT2D eigenvalue weighted by Crippen LogP contribution is 2.36. The van der Waals surface area contributed by atoms with E-state index < -0.39 is 6.03 Å². The van der Waals surface area contributed by atoms with Crippen molar-refractivity contribution in [2.45, 2.75) is 72.8 Å². The average molecular weight is 624 g/mol. The fourth-order valence-corrected chi connectivity index (χ4v) is 5.82. The van der Waals surface area contributed by atoms with Gasteiger partial charge in [0.05, 0.1) is 0 Å². The molecule has 4 rings (SSSR count). The van der Waals surface area contributed by atoms with Crippen LogP contribution in [0, 0.1) is 0 Å². The van der Waals surface area contributed by atoms with E-state index in [2.05, 4.69) is 68.6 Å². The molecule has 244 valence electrons. The van der Waals surface area contributed by atoms with Crippen molar-refractivity contribution in [1.29, 1.82) is 0 Å². The topological polar surface area (TPSA) is 88.5 Å². The Morgan fingerprint density at radius 2 is 1.65 bits per heavy atom. The highest BCUT2D eigenvalue weighted by atomic mass is 16.5. The maximum Gasteiger partial charge on any atom is 0.323 e. The average Bonchev–Trinajstić information content (AvgIpc) is 3.04. The van der Waals surface area contributed by atoms with Crippen LogP contribution in [-0.4, -0.2) is 46.7 Å². The van der Waals surface area contributed by atoms with Gasteiger partial charge in [-0.25, -0.2) is 9.78 Å². The molecule has 2 heterocycles. The Labute approximate surface area is 273 Å². The lowest BCUT2D eigenvalue weighted by atomic mass is 9.93. The fourth-order valence-electron chi connectivity index (χ4n) is 5.82. The number of hydrogen-bond acceptors (Lipinski definition) is 5. The minimum Gasteiger partial charge on any atom is -0.492 e. The van der Waals surface area contributed by atoms with E-state index in [4.69, 9.17) is 4.74 Å². The lowest BCUT2D eigenvalue weighted by Crippen LogP contribution is -2.30. The number of hydrogen-bond donors (Lipinski definition) is 2. The monoisotopic (exact) mass is 623 g/mol. The molecule has 2 aromatic heterocycles. The van der Waals surface area contributed by atoms with Gasteiger partial charge in [0, 0.05) is 35.9 Å². The van der Waals surface area contributed by atoms with Crippen molar-refractivity contribution in [3.05, 3.63) is 94.9 Å². The maximum atomic E-state index is 14.3. The number of aryl methyl sites for hydroxylation is 1. The Balaban J connectivity index is 1.82. The van der Waals surface area contributed by atoms with Gasteiger partial charge in [-0.1, -0.05) is 78.0 Å². The number of allylic oxidation sites excluding steroid dienone is 1. The summed E-state index contributed by atoms with van der Waals surface area (Å²) in [5.74, 6) is 1.09. The summed E-state index contributed by atoms with van der Waals surface area (Å²) in [7, 11) is 0. The number of aromatic nitrogens is 2. The molecule has 0 bridgehead atoms. The number of anilines is 2. The normalized spacial score (nSPS) is 11.4. The standard InChI is InChI=1S/C38H49N5O3/c1-8-11-12-22-43-36-32(20-15-21-39-36)33(28-16-13-17-29(25-28)46-24-23-42(9-2)10-3)35(37(43)44)41-38(45)40-34-30(26(4)5)18-14-19-31(34)27(6)7/h8,13-21,25-27H,1,9-12,22-24H2,2-7H3,(H2,40,41,45). The number of urea groups is 1. The molecule has 0 aliphatic heterocycles. The molecular weight excluding hydrogens is 574 g/mol. The Bertz CT molecular complexity index is 1680. The number of nitrogens with zero attached hydrogens (tertiary/aromatic N) is 3. The van der Waals surface area contributed by atoms with Gasteiger partial charge in [0.1, 0.15) is 23.7 Å². The molecule has 46 heavy (non-hydrogen) atoms. The smallest absolute Gasteiger partial charge is 0.323 e.